The molecule has 0 unspecified atom stereocenters. The molecule has 1 fully saturated rings. The van der Waals surface area contributed by atoms with Crippen LogP contribution in [0.4, 0.5) is 0 Å². The van der Waals surface area contributed by atoms with Gasteiger partial charge in [-0.15, -0.1) is 11.3 Å². The van der Waals surface area contributed by atoms with Crippen LogP contribution in [0, 0.1) is 0 Å². The summed E-state index contributed by atoms with van der Waals surface area (Å²) in [4.78, 5) is 10.0. The number of rotatable bonds is 4. The Balaban J connectivity index is 1.77. The second-order valence-corrected chi connectivity index (χ2v) is 5.97. The lowest BCUT2D eigenvalue weighted by Gasteiger charge is -2.03. The Morgan fingerprint density at radius 1 is 1.47 bits per heavy atom. The fourth-order valence-electron chi connectivity index (χ4n) is 1.59. The number of aromatic nitrogens is 2. The average molecular weight is 310 g/mol. The van der Waals surface area contributed by atoms with Crippen LogP contribution in [0.25, 0.3) is 10.6 Å². The molecule has 88 valence electrons. The number of hydrogen-bond acceptors (Lipinski definition) is 4. The van der Waals surface area contributed by atoms with Crippen LogP contribution in [0.3, 0.4) is 0 Å². The molecule has 0 aliphatic heterocycles. The van der Waals surface area contributed by atoms with Gasteiger partial charge in [0.1, 0.15) is 5.82 Å². The third-order valence-electron chi connectivity index (χ3n) is 2.65. The maximum absolute atomic E-state index is 4.57. The molecular formula is C12H12BrN3S. The summed E-state index contributed by atoms with van der Waals surface area (Å²) in [6.07, 6.45) is 4.41. The Bertz CT molecular complexity index is 522. The summed E-state index contributed by atoms with van der Waals surface area (Å²) in [5.41, 5.74) is 1.00. The van der Waals surface area contributed by atoms with Gasteiger partial charge in [0.25, 0.3) is 0 Å². The minimum absolute atomic E-state index is 0.693. The van der Waals surface area contributed by atoms with Crippen molar-refractivity contribution < 1.29 is 0 Å². The van der Waals surface area contributed by atoms with Gasteiger partial charge >= 0.3 is 0 Å². The van der Waals surface area contributed by atoms with E-state index >= 15 is 0 Å². The molecule has 0 bridgehead atoms. The molecule has 1 N–H and O–H groups in total. The van der Waals surface area contributed by atoms with E-state index in [1.807, 2.05) is 12.3 Å². The lowest BCUT2D eigenvalue weighted by Crippen LogP contribution is -2.17. The van der Waals surface area contributed by atoms with Crippen molar-refractivity contribution in [3.05, 3.63) is 34.0 Å². The van der Waals surface area contributed by atoms with Gasteiger partial charge in [-0.05, 0) is 40.9 Å². The summed E-state index contributed by atoms with van der Waals surface area (Å²) in [6.45, 7) is 0.769. The second kappa shape index (κ2) is 4.84. The predicted molar refractivity (Wildman–Crippen MR) is 72.9 cm³/mol. The van der Waals surface area contributed by atoms with Crippen molar-refractivity contribution in [3.8, 4) is 10.6 Å². The molecule has 0 radical (unpaired) electrons. The summed E-state index contributed by atoms with van der Waals surface area (Å²) in [6, 6.07) is 4.74. The van der Waals surface area contributed by atoms with Crippen LogP contribution in [0.1, 0.15) is 18.7 Å². The molecule has 0 amide bonds. The third-order valence-corrected chi connectivity index (χ3v) is 4.37. The van der Waals surface area contributed by atoms with E-state index in [1.54, 1.807) is 11.3 Å². The normalized spacial score (nSPS) is 15.1. The Labute approximate surface area is 112 Å². The zero-order valence-corrected chi connectivity index (χ0v) is 11.6. The number of halogens is 1. The van der Waals surface area contributed by atoms with Gasteiger partial charge in [0.05, 0.1) is 17.1 Å². The second-order valence-electron chi connectivity index (χ2n) is 4.14. The van der Waals surface area contributed by atoms with E-state index in [9.17, 15) is 0 Å². The third kappa shape index (κ3) is 2.91. The van der Waals surface area contributed by atoms with Crippen LogP contribution in [-0.4, -0.2) is 16.0 Å². The summed E-state index contributed by atoms with van der Waals surface area (Å²) < 4.78 is 1.11. The van der Waals surface area contributed by atoms with Crippen molar-refractivity contribution in [2.45, 2.75) is 25.4 Å². The van der Waals surface area contributed by atoms with Crippen LogP contribution in [-0.2, 0) is 6.54 Å². The van der Waals surface area contributed by atoms with Crippen molar-refractivity contribution in [2.24, 2.45) is 0 Å². The molecule has 0 spiro atoms. The van der Waals surface area contributed by atoms with Crippen LogP contribution in [0.5, 0.6) is 0 Å². The van der Waals surface area contributed by atoms with E-state index in [1.165, 1.54) is 17.7 Å². The molecule has 0 aromatic carbocycles. The standard InChI is InChI=1S/C12H12BrN3S/c13-8-5-11(17-7-8)10-3-4-14-12(16-10)6-15-9-1-2-9/h3-5,7,9,15H,1-2,6H2. The molecular weight excluding hydrogens is 298 g/mol. The molecule has 1 aliphatic carbocycles. The van der Waals surface area contributed by atoms with Gasteiger partial charge in [0.15, 0.2) is 0 Å². The Kier molecular flexibility index (Phi) is 3.22. The van der Waals surface area contributed by atoms with Crippen LogP contribution in [0.2, 0.25) is 0 Å². The zero-order chi connectivity index (χ0) is 11.7. The van der Waals surface area contributed by atoms with Gasteiger partial charge in [-0.1, -0.05) is 0 Å². The minimum Gasteiger partial charge on any atom is -0.307 e. The fourth-order valence-corrected chi connectivity index (χ4v) is 2.99. The molecule has 3 nitrogen and oxygen atoms in total. The Hall–Kier alpha value is -0.780. The van der Waals surface area contributed by atoms with Crippen LogP contribution in [0.15, 0.2) is 28.2 Å². The molecule has 0 saturated heterocycles. The topological polar surface area (TPSA) is 37.8 Å². The first-order valence-corrected chi connectivity index (χ1v) is 7.28. The molecule has 17 heavy (non-hydrogen) atoms. The van der Waals surface area contributed by atoms with E-state index in [0.717, 1.165) is 22.5 Å². The maximum Gasteiger partial charge on any atom is 0.142 e. The first-order valence-electron chi connectivity index (χ1n) is 5.61. The molecule has 2 heterocycles. The summed E-state index contributed by atoms with van der Waals surface area (Å²) in [5.74, 6) is 0.874. The zero-order valence-electron chi connectivity index (χ0n) is 9.19. The Morgan fingerprint density at radius 2 is 2.35 bits per heavy atom. The minimum atomic E-state index is 0.693. The lowest BCUT2D eigenvalue weighted by atomic mass is 10.3. The highest BCUT2D eigenvalue weighted by atomic mass is 79.9. The fraction of sp³-hybridized carbons (Fsp3) is 0.333. The van der Waals surface area contributed by atoms with E-state index in [4.69, 9.17) is 0 Å². The quantitative estimate of drug-likeness (QED) is 0.942. The van der Waals surface area contributed by atoms with E-state index in [2.05, 4.69) is 42.7 Å². The number of nitrogens with one attached hydrogen (secondary N) is 1. The molecule has 2 aromatic rings. The first kappa shape index (κ1) is 11.3. The number of thiophene rings is 1. The van der Waals surface area contributed by atoms with Gasteiger partial charge in [0.2, 0.25) is 0 Å². The average Bonchev–Trinajstić information content (AvgIpc) is 3.08. The van der Waals surface area contributed by atoms with Crippen molar-refractivity contribution in [2.75, 3.05) is 0 Å². The summed E-state index contributed by atoms with van der Waals surface area (Å²) in [7, 11) is 0. The molecule has 2 aromatic heterocycles. The highest BCUT2D eigenvalue weighted by Crippen LogP contribution is 2.28. The van der Waals surface area contributed by atoms with Crippen molar-refractivity contribution >= 4 is 27.3 Å². The largest absolute Gasteiger partial charge is 0.307 e. The highest BCUT2D eigenvalue weighted by molar-refractivity contribution is 9.10. The highest BCUT2D eigenvalue weighted by Gasteiger charge is 2.20. The van der Waals surface area contributed by atoms with Gasteiger partial charge < -0.3 is 5.32 Å². The molecule has 0 atom stereocenters. The number of hydrogen-bond donors (Lipinski definition) is 1. The smallest absolute Gasteiger partial charge is 0.142 e. The Morgan fingerprint density at radius 3 is 3.06 bits per heavy atom. The van der Waals surface area contributed by atoms with Gasteiger partial charge in [0, 0.05) is 22.1 Å². The molecule has 1 aliphatic rings. The van der Waals surface area contributed by atoms with E-state index in [0.29, 0.717) is 6.04 Å². The lowest BCUT2D eigenvalue weighted by molar-refractivity contribution is 0.658. The molecule has 5 heteroatoms. The maximum atomic E-state index is 4.57. The SMILES string of the molecule is Brc1csc(-c2ccnc(CNC3CC3)n2)c1. The van der Waals surface area contributed by atoms with Crippen molar-refractivity contribution in [1.29, 1.82) is 0 Å². The van der Waals surface area contributed by atoms with Crippen LogP contribution < -0.4 is 5.32 Å². The molecule has 3 rings (SSSR count). The van der Waals surface area contributed by atoms with E-state index < -0.39 is 0 Å². The van der Waals surface area contributed by atoms with Gasteiger partial charge in [-0.2, -0.15) is 0 Å². The van der Waals surface area contributed by atoms with Crippen LogP contribution >= 0.6 is 27.3 Å². The van der Waals surface area contributed by atoms with Crippen molar-refractivity contribution in [3.63, 3.8) is 0 Å². The van der Waals surface area contributed by atoms with Crippen molar-refractivity contribution in [1.82, 2.24) is 15.3 Å². The van der Waals surface area contributed by atoms with E-state index in [-0.39, 0.29) is 0 Å². The summed E-state index contributed by atoms with van der Waals surface area (Å²) >= 11 is 5.15. The van der Waals surface area contributed by atoms with Gasteiger partial charge in [-0.25, -0.2) is 9.97 Å². The summed E-state index contributed by atoms with van der Waals surface area (Å²) in [5, 5.41) is 5.49. The van der Waals surface area contributed by atoms with Gasteiger partial charge in [-0.3, -0.25) is 0 Å². The first-order chi connectivity index (χ1) is 8.31. The molecule has 1 saturated carbocycles. The monoisotopic (exact) mass is 309 g/mol. The number of nitrogens with zero attached hydrogens (tertiary/aromatic N) is 2. The predicted octanol–water partition coefficient (Wildman–Crippen LogP) is 3.22.